The van der Waals surface area contributed by atoms with Crippen LogP contribution in [0, 0.1) is 0 Å². The van der Waals surface area contributed by atoms with Crippen molar-refractivity contribution in [2.75, 3.05) is 11.4 Å². The van der Waals surface area contributed by atoms with Crippen LogP contribution in [0.3, 0.4) is 0 Å². The lowest BCUT2D eigenvalue weighted by molar-refractivity contribution is 0.0697. The number of anilines is 1. The third-order valence-corrected chi connectivity index (χ3v) is 2.67. The van der Waals surface area contributed by atoms with Gasteiger partial charge in [-0.25, -0.2) is 4.79 Å². The number of carboxylic acid groups (broad SMARTS) is 1. The van der Waals surface area contributed by atoms with Gasteiger partial charge in [-0.3, -0.25) is 4.98 Å². The van der Waals surface area contributed by atoms with Gasteiger partial charge in [0.15, 0.2) is 0 Å². The first-order valence-corrected chi connectivity index (χ1v) is 5.18. The largest absolute Gasteiger partial charge is 0.478 e. The van der Waals surface area contributed by atoms with Crippen LogP contribution >= 0.6 is 0 Å². The highest BCUT2D eigenvalue weighted by Crippen LogP contribution is 2.32. The van der Waals surface area contributed by atoms with E-state index >= 15 is 0 Å². The Morgan fingerprint density at radius 1 is 1.67 bits per heavy atom. The molecule has 4 nitrogen and oxygen atoms in total. The average Bonchev–Trinajstić information content (AvgIpc) is 3.04. The highest BCUT2D eigenvalue weighted by molar-refractivity contribution is 5.94. The number of carboxylic acids is 1. The van der Waals surface area contributed by atoms with Gasteiger partial charge in [0, 0.05) is 25.0 Å². The molecular formula is C11H14N2O2. The Morgan fingerprint density at radius 3 is 2.93 bits per heavy atom. The van der Waals surface area contributed by atoms with Gasteiger partial charge < -0.3 is 10.0 Å². The molecule has 1 heterocycles. The smallest absolute Gasteiger partial charge is 0.339 e. The van der Waals surface area contributed by atoms with Crippen LogP contribution in [-0.4, -0.2) is 28.6 Å². The summed E-state index contributed by atoms with van der Waals surface area (Å²) in [5, 5.41) is 9.05. The fourth-order valence-electron chi connectivity index (χ4n) is 1.81. The number of hydrogen-bond acceptors (Lipinski definition) is 3. The van der Waals surface area contributed by atoms with Gasteiger partial charge in [0.05, 0.1) is 5.69 Å². The summed E-state index contributed by atoms with van der Waals surface area (Å²) >= 11 is 0. The summed E-state index contributed by atoms with van der Waals surface area (Å²) in [7, 11) is 0. The molecule has 0 bridgehead atoms. The Hall–Kier alpha value is -1.58. The van der Waals surface area contributed by atoms with Gasteiger partial charge in [-0.05, 0) is 25.8 Å². The third-order valence-electron chi connectivity index (χ3n) is 2.67. The number of aromatic carboxylic acids is 1. The lowest BCUT2D eigenvalue weighted by Crippen LogP contribution is -2.27. The Kier molecular flexibility index (Phi) is 2.58. The van der Waals surface area contributed by atoms with Crippen LogP contribution in [0.15, 0.2) is 18.5 Å². The normalized spacial score (nSPS) is 15.0. The second-order valence-corrected chi connectivity index (χ2v) is 3.72. The molecule has 0 aliphatic heterocycles. The zero-order valence-electron chi connectivity index (χ0n) is 8.68. The number of nitrogens with zero attached hydrogens (tertiary/aromatic N) is 2. The minimum absolute atomic E-state index is 0.297. The molecule has 0 saturated heterocycles. The Labute approximate surface area is 88.6 Å². The van der Waals surface area contributed by atoms with Crippen molar-refractivity contribution < 1.29 is 9.90 Å². The van der Waals surface area contributed by atoms with E-state index in [-0.39, 0.29) is 0 Å². The van der Waals surface area contributed by atoms with E-state index in [1.54, 1.807) is 12.3 Å². The van der Waals surface area contributed by atoms with Gasteiger partial charge in [-0.15, -0.1) is 0 Å². The Morgan fingerprint density at radius 2 is 2.40 bits per heavy atom. The van der Waals surface area contributed by atoms with Crippen LogP contribution in [0.1, 0.15) is 30.1 Å². The lowest BCUT2D eigenvalue weighted by Gasteiger charge is -2.23. The lowest BCUT2D eigenvalue weighted by atomic mass is 10.2. The van der Waals surface area contributed by atoms with Crippen LogP contribution in [-0.2, 0) is 0 Å². The van der Waals surface area contributed by atoms with Gasteiger partial charge in [-0.1, -0.05) is 0 Å². The average molecular weight is 206 g/mol. The molecule has 1 aliphatic carbocycles. The fraction of sp³-hybridized carbons (Fsp3) is 0.455. The molecule has 1 fully saturated rings. The first-order chi connectivity index (χ1) is 7.24. The fourth-order valence-corrected chi connectivity index (χ4v) is 1.81. The molecule has 0 unspecified atom stereocenters. The van der Waals surface area contributed by atoms with Crippen LogP contribution < -0.4 is 4.90 Å². The van der Waals surface area contributed by atoms with E-state index in [1.807, 2.05) is 6.92 Å². The molecule has 0 radical (unpaired) electrons. The van der Waals surface area contributed by atoms with E-state index in [4.69, 9.17) is 5.11 Å². The van der Waals surface area contributed by atoms with Gasteiger partial charge in [-0.2, -0.15) is 0 Å². The van der Waals surface area contributed by atoms with Crippen LogP contribution in [0.5, 0.6) is 0 Å². The number of rotatable bonds is 4. The number of hydrogen-bond donors (Lipinski definition) is 1. The highest BCUT2D eigenvalue weighted by Gasteiger charge is 2.30. The maximum atomic E-state index is 11.0. The second-order valence-electron chi connectivity index (χ2n) is 3.72. The second kappa shape index (κ2) is 3.88. The zero-order chi connectivity index (χ0) is 10.8. The van der Waals surface area contributed by atoms with Crippen molar-refractivity contribution >= 4 is 11.7 Å². The molecule has 1 N–H and O–H groups in total. The molecule has 2 rings (SSSR count). The first-order valence-electron chi connectivity index (χ1n) is 5.18. The quantitative estimate of drug-likeness (QED) is 0.815. The SMILES string of the molecule is CCN(c1ccncc1C(=O)O)C1CC1. The molecule has 0 aromatic carbocycles. The molecule has 80 valence electrons. The standard InChI is InChI=1S/C11H14N2O2/c1-2-13(8-3-4-8)10-5-6-12-7-9(10)11(14)15/h5-8H,2-4H2,1H3,(H,14,15). The summed E-state index contributed by atoms with van der Waals surface area (Å²) in [6.07, 6.45) is 5.39. The van der Waals surface area contributed by atoms with Crippen LogP contribution in [0.25, 0.3) is 0 Å². The van der Waals surface area contributed by atoms with Crippen molar-refractivity contribution in [3.05, 3.63) is 24.0 Å². The van der Waals surface area contributed by atoms with E-state index in [2.05, 4.69) is 9.88 Å². The topological polar surface area (TPSA) is 53.4 Å². The maximum Gasteiger partial charge on any atom is 0.339 e. The summed E-state index contributed by atoms with van der Waals surface area (Å²) in [4.78, 5) is 17.0. The summed E-state index contributed by atoms with van der Waals surface area (Å²) in [5.41, 5.74) is 1.09. The molecule has 4 heteroatoms. The third kappa shape index (κ3) is 1.93. The van der Waals surface area contributed by atoms with E-state index in [0.717, 1.165) is 25.1 Å². The Bertz CT molecular complexity index is 375. The minimum atomic E-state index is -0.905. The number of carbonyl (C=O) groups is 1. The molecule has 1 aromatic heterocycles. The van der Waals surface area contributed by atoms with E-state index in [9.17, 15) is 4.79 Å². The van der Waals surface area contributed by atoms with E-state index < -0.39 is 5.97 Å². The predicted octanol–water partition coefficient (Wildman–Crippen LogP) is 1.77. The Balaban J connectivity index is 2.36. The van der Waals surface area contributed by atoms with E-state index in [1.165, 1.54) is 6.20 Å². The monoisotopic (exact) mass is 206 g/mol. The minimum Gasteiger partial charge on any atom is -0.478 e. The van der Waals surface area contributed by atoms with E-state index in [0.29, 0.717) is 11.6 Å². The van der Waals surface area contributed by atoms with Crippen molar-refractivity contribution in [3.63, 3.8) is 0 Å². The van der Waals surface area contributed by atoms with Crippen molar-refractivity contribution in [3.8, 4) is 0 Å². The van der Waals surface area contributed by atoms with Gasteiger partial charge >= 0.3 is 5.97 Å². The molecular weight excluding hydrogens is 192 g/mol. The summed E-state index contributed by atoms with van der Waals surface area (Å²) in [6.45, 7) is 2.89. The van der Waals surface area contributed by atoms with Crippen LogP contribution in [0.2, 0.25) is 0 Å². The van der Waals surface area contributed by atoms with Crippen molar-refractivity contribution in [1.82, 2.24) is 4.98 Å². The van der Waals surface area contributed by atoms with Gasteiger partial charge in [0.1, 0.15) is 5.56 Å². The summed E-state index contributed by atoms with van der Waals surface area (Å²) < 4.78 is 0. The van der Waals surface area contributed by atoms with Crippen LogP contribution in [0.4, 0.5) is 5.69 Å². The van der Waals surface area contributed by atoms with Crippen molar-refractivity contribution in [2.45, 2.75) is 25.8 Å². The number of aromatic nitrogens is 1. The molecule has 15 heavy (non-hydrogen) atoms. The summed E-state index contributed by atoms with van der Waals surface area (Å²) in [6, 6.07) is 2.31. The zero-order valence-corrected chi connectivity index (χ0v) is 8.68. The molecule has 0 spiro atoms. The van der Waals surface area contributed by atoms with Crippen molar-refractivity contribution in [1.29, 1.82) is 0 Å². The molecule has 1 saturated carbocycles. The predicted molar refractivity (Wildman–Crippen MR) is 57.2 cm³/mol. The number of pyridine rings is 1. The highest BCUT2D eigenvalue weighted by atomic mass is 16.4. The molecule has 0 atom stereocenters. The molecule has 0 amide bonds. The molecule has 1 aromatic rings. The van der Waals surface area contributed by atoms with Gasteiger partial charge in [0.2, 0.25) is 0 Å². The maximum absolute atomic E-state index is 11.0. The summed E-state index contributed by atoms with van der Waals surface area (Å²) in [5.74, 6) is -0.905. The van der Waals surface area contributed by atoms with Gasteiger partial charge in [0.25, 0.3) is 0 Å². The molecule has 1 aliphatic rings. The van der Waals surface area contributed by atoms with Crippen molar-refractivity contribution in [2.24, 2.45) is 0 Å². The first kappa shape index (κ1) is 9.96.